The number of hydrogen-bond donors (Lipinski definition) is 2. The Balaban J connectivity index is 2.41. The maximum absolute atomic E-state index is 9.89. The molecule has 1 aromatic heterocycles. The predicted molar refractivity (Wildman–Crippen MR) is 79.6 cm³/mol. The number of nitrogens with zero attached hydrogens (tertiary/aromatic N) is 1. The fourth-order valence-electron chi connectivity index (χ4n) is 2.37. The van der Waals surface area contributed by atoms with E-state index in [1.54, 1.807) is 6.07 Å². The average Bonchev–Trinajstić information content (AvgIpc) is 2.85. The summed E-state index contributed by atoms with van der Waals surface area (Å²) in [5.41, 5.74) is 1.95. The van der Waals surface area contributed by atoms with Gasteiger partial charge in [0.05, 0.1) is 6.61 Å². The van der Waals surface area contributed by atoms with Gasteiger partial charge in [0.15, 0.2) is 0 Å². The molecule has 0 amide bonds. The highest BCUT2D eigenvalue weighted by Gasteiger charge is 2.17. The molecule has 0 aliphatic heterocycles. The third-order valence-electron chi connectivity index (χ3n) is 3.28. The van der Waals surface area contributed by atoms with Gasteiger partial charge in [0.1, 0.15) is 16.7 Å². The Hall–Kier alpha value is -2.35. The van der Waals surface area contributed by atoms with E-state index in [4.69, 9.17) is 0 Å². The second-order valence-electron chi connectivity index (χ2n) is 4.38. The normalized spacial score (nSPS) is 10.6. The molecule has 0 spiro atoms. The molecule has 1 heterocycles. The van der Waals surface area contributed by atoms with Crippen molar-refractivity contribution in [2.75, 3.05) is 0 Å². The number of aliphatic hydroxyl groups is 1. The van der Waals surface area contributed by atoms with Crippen molar-refractivity contribution < 1.29 is 10.2 Å². The molecule has 98 valence electrons. The molecule has 0 bridgehead atoms. The van der Waals surface area contributed by atoms with Crippen LogP contribution in [0.15, 0.2) is 42.5 Å². The molecule has 20 heavy (non-hydrogen) atoms. The minimum atomic E-state index is -0.267. The zero-order chi connectivity index (χ0) is 14.1. The van der Waals surface area contributed by atoms with Gasteiger partial charge in [0.25, 0.3) is 0 Å². The van der Waals surface area contributed by atoms with E-state index in [2.05, 4.69) is 6.07 Å². The smallest absolute Gasteiger partial charge is 0.121 e. The Kier molecular flexibility index (Phi) is 3.15. The molecule has 0 radical (unpaired) electrons. The van der Waals surface area contributed by atoms with Crippen molar-refractivity contribution in [1.82, 2.24) is 0 Å². The summed E-state index contributed by atoms with van der Waals surface area (Å²) in [6, 6.07) is 15.0. The highest BCUT2D eigenvalue weighted by atomic mass is 32.1. The second-order valence-corrected chi connectivity index (χ2v) is 5.43. The van der Waals surface area contributed by atoms with Gasteiger partial charge in [-0.2, -0.15) is 5.26 Å². The maximum atomic E-state index is 9.89. The van der Waals surface area contributed by atoms with Crippen LogP contribution in [-0.4, -0.2) is 10.2 Å². The van der Waals surface area contributed by atoms with Gasteiger partial charge in [-0.3, -0.25) is 0 Å². The lowest BCUT2D eigenvalue weighted by molar-refractivity contribution is 0.276. The van der Waals surface area contributed by atoms with Gasteiger partial charge in [-0.05, 0) is 17.7 Å². The molecule has 0 saturated carbocycles. The molecule has 0 saturated heterocycles. The molecule has 2 N–H and O–H groups in total. The number of aliphatic hydroxyl groups excluding tert-OH is 1. The second kappa shape index (κ2) is 4.97. The van der Waals surface area contributed by atoms with Gasteiger partial charge < -0.3 is 10.2 Å². The Labute approximate surface area is 120 Å². The quantitative estimate of drug-likeness (QED) is 0.753. The van der Waals surface area contributed by atoms with Gasteiger partial charge in [0.2, 0.25) is 0 Å². The summed E-state index contributed by atoms with van der Waals surface area (Å²) in [4.78, 5) is 0.589. The molecule has 0 aliphatic carbocycles. The first-order chi connectivity index (χ1) is 9.76. The number of benzene rings is 2. The largest absolute Gasteiger partial charge is 0.508 e. The van der Waals surface area contributed by atoms with Gasteiger partial charge >= 0.3 is 0 Å². The number of nitriles is 1. The Morgan fingerprint density at radius 3 is 2.65 bits per heavy atom. The first-order valence-electron chi connectivity index (χ1n) is 6.10. The van der Waals surface area contributed by atoms with Crippen molar-refractivity contribution in [2.45, 2.75) is 6.61 Å². The van der Waals surface area contributed by atoms with Crippen molar-refractivity contribution in [3.63, 3.8) is 0 Å². The number of fused-ring (bicyclic) bond motifs is 1. The van der Waals surface area contributed by atoms with Crippen LogP contribution in [0.2, 0.25) is 0 Å². The van der Waals surface area contributed by atoms with Crippen LogP contribution < -0.4 is 0 Å². The van der Waals surface area contributed by atoms with E-state index in [9.17, 15) is 15.5 Å². The van der Waals surface area contributed by atoms with Crippen LogP contribution in [0.4, 0.5) is 0 Å². The molecule has 0 atom stereocenters. The zero-order valence-electron chi connectivity index (χ0n) is 10.5. The van der Waals surface area contributed by atoms with E-state index in [0.29, 0.717) is 16.0 Å². The lowest BCUT2D eigenvalue weighted by Crippen LogP contribution is -1.91. The number of hydrogen-bond acceptors (Lipinski definition) is 4. The highest BCUT2D eigenvalue weighted by molar-refractivity contribution is 7.20. The Morgan fingerprint density at radius 1 is 1.10 bits per heavy atom. The van der Waals surface area contributed by atoms with Crippen molar-refractivity contribution in [1.29, 1.82) is 5.26 Å². The predicted octanol–water partition coefficient (Wildman–Crippen LogP) is 3.64. The molecule has 4 heteroatoms. The van der Waals surface area contributed by atoms with Crippen molar-refractivity contribution in [3.8, 4) is 22.9 Å². The van der Waals surface area contributed by atoms with Crippen molar-refractivity contribution in [3.05, 3.63) is 52.9 Å². The minimum Gasteiger partial charge on any atom is -0.508 e. The van der Waals surface area contributed by atoms with Crippen LogP contribution in [0.25, 0.3) is 21.2 Å². The van der Waals surface area contributed by atoms with E-state index in [0.717, 1.165) is 15.6 Å². The summed E-state index contributed by atoms with van der Waals surface area (Å²) in [5, 5.41) is 29.7. The van der Waals surface area contributed by atoms with Gasteiger partial charge in [-0.25, -0.2) is 0 Å². The molecular weight excluding hydrogens is 270 g/mol. The summed E-state index contributed by atoms with van der Waals surface area (Å²) in [7, 11) is 0. The first kappa shape index (κ1) is 12.7. The maximum Gasteiger partial charge on any atom is 0.121 e. The Bertz CT molecular complexity index is 830. The highest BCUT2D eigenvalue weighted by Crippen LogP contribution is 2.41. The molecule has 3 nitrogen and oxygen atoms in total. The van der Waals surface area contributed by atoms with Crippen molar-refractivity contribution >= 4 is 21.4 Å². The van der Waals surface area contributed by atoms with Gasteiger partial charge in [0, 0.05) is 21.2 Å². The topological polar surface area (TPSA) is 64.2 Å². The zero-order valence-corrected chi connectivity index (χ0v) is 11.3. The molecule has 0 unspecified atom stereocenters. The van der Waals surface area contributed by atoms with Crippen LogP contribution in [-0.2, 0) is 6.61 Å². The van der Waals surface area contributed by atoms with Gasteiger partial charge in [-0.15, -0.1) is 11.3 Å². The van der Waals surface area contributed by atoms with E-state index >= 15 is 0 Å². The van der Waals surface area contributed by atoms with E-state index in [1.165, 1.54) is 17.4 Å². The third-order valence-corrected chi connectivity index (χ3v) is 4.35. The third kappa shape index (κ3) is 1.85. The monoisotopic (exact) mass is 281 g/mol. The molecule has 3 rings (SSSR count). The summed E-state index contributed by atoms with van der Waals surface area (Å²) in [6.45, 7) is -0.267. The molecular formula is C16H11NO2S. The van der Waals surface area contributed by atoms with Crippen LogP contribution >= 0.6 is 11.3 Å². The van der Waals surface area contributed by atoms with E-state index < -0.39 is 0 Å². The average molecular weight is 281 g/mol. The summed E-state index contributed by atoms with van der Waals surface area (Å²) >= 11 is 1.42. The lowest BCUT2D eigenvalue weighted by Gasteiger charge is -2.09. The van der Waals surface area contributed by atoms with Crippen LogP contribution in [0.1, 0.15) is 10.4 Å². The van der Waals surface area contributed by atoms with E-state index in [1.807, 2.05) is 30.3 Å². The van der Waals surface area contributed by atoms with Crippen molar-refractivity contribution in [2.24, 2.45) is 0 Å². The standard InChI is InChI=1S/C16H11NO2S/c17-8-15-16(11-4-1-2-7-14(11)20-15)10-5-3-6-13(19)12(10)9-18/h1-7,18-19H,9H2. The molecule has 3 aromatic rings. The van der Waals surface area contributed by atoms with Gasteiger partial charge in [-0.1, -0.05) is 30.3 Å². The number of rotatable bonds is 2. The summed E-state index contributed by atoms with van der Waals surface area (Å²) in [5.74, 6) is 0.0455. The van der Waals surface area contributed by atoms with Crippen LogP contribution in [0.3, 0.4) is 0 Å². The summed E-state index contributed by atoms with van der Waals surface area (Å²) in [6.07, 6.45) is 0. The van der Waals surface area contributed by atoms with Crippen LogP contribution in [0, 0.1) is 11.3 Å². The van der Waals surface area contributed by atoms with Crippen LogP contribution in [0.5, 0.6) is 5.75 Å². The number of thiophene rings is 1. The lowest BCUT2D eigenvalue weighted by atomic mass is 9.97. The molecule has 2 aromatic carbocycles. The fourth-order valence-corrected chi connectivity index (χ4v) is 3.38. The summed E-state index contributed by atoms with van der Waals surface area (Å²) < 4.78 is 1.02. The number of phenols is 1. The SMILES string of the molecule is N#Cc1sc2ccccc2c1-c1cccc(O)c1CO. The minimum absolute atomic E-state index is 0.0455. The first-order valence-corrected chi connectivity index (χ1v) is 6.91. The Morgan fingerprint density at radius 2 is 1.90 bits per heavy atom. The van der Waals surface area contributed by atoms with E-state index in [-0.39, 0.29) is 12.4 Å². The number of aromatic hydroxyl groups is 1. The molecule has 0 aliphatic rings. The fraction of sp³-hybridized carbons (Fsp3) is 0.0625. The molecule has 0 fully saturated rings.